The van der Waals surface area contributed by atoms with Crippen LogP contribution in [0.15, 0.2) is 18.2 Å². The average molecular weight is 319 g/mol. The van der Waals surface area contributed by atoms with E-state index in [1.54, 1.807) is 7.11 Å². The van der Waals surface area contributed by atoms with Gasteiger partial charge >= 0.3 is 0 Å². The van der Waals surface area contributed by atoms with Crippen molar-refractivity contribution < 1.29 is 14.6 Å². The van der Waals surface area contributed by atoms with Crippen LogP contribution in [0.5, 0.6) is 0 Å². The molecule has 1 aromatic carbocycles. The molecule has 0 saturated heterocycles. The molecule has 0 radical (unpaired) electrons. The number of aliphatic hydroxyl groups excluding tert-OH is 1. The first-order valence-corrected chi connectivity index (χ1v) is 7.82. The van der Waals surface area contributed by atoms with Gasteiger partial charge in [0, 0.05) is 26.6 Å². The van der Waals surface area contributed by atoms with Crippen LogP contribution in [0, 0.1) is 6.92 Å². The highest BCUT2D eigenvalue weighted by Gasteiger charge is 2.25. The lowest BCUT2D eigenvalue weighted by molar-refractivity contribution is -0.123. The van der Waals surface area contributed by atoms with Crippen LogP contribution in [-0.2, 0) is 16.0 Å². The van der Waals surface area contributed by atoms with Crippen LogP contribution >= 0.6 is 0 Å². The van der Waals surface area contributed by atoms with Crippen LogP contribution in [0.4, 0.5) is 0 Å². The lowest BCUT2D eigenvalue weighted by atomic mass is 9.99. The van der Waals surface area contributed by atoms with Crippen molar-refractivity contribution in [2.24, 2.45) is 0 Å². The van der Waals surface area contributed by atoms with Gasteiger partial charge in [-0.1, -0.05) is 12.1 Å². The van der Waals surface area contributed by atoms with Crippen molar-refractivity contribution in [1.82, 2.24) is 15.3 Å². The minimum absolute atomic E-state index is 0.00297. The Morgan fingerprint density at radius 3 is 2.91 bits per heavy atom. The molecule has 6 nitrogen and oxygen atoms in total. The number of benzene rings is 1. The Labute approximate surface area is 136 Å². The van der Waals surface area contributed by atoms with Crippen molar-refractivity contribution in [3.8, 4) is 0 Å². The normalized spacial score (nSPS) is 13.9. The smallest absolute Gasteiger partial charge is 0.220 e. The highest BCUT2D eigenvalue weighted by atomic mass is 16.5. The van der Waals surface area contributed by atoms with E-state index in [-0.39, 0.29) is 12.5 Å². The molecule has 1 unspecified atom stereocenters. The van der Waals surface area contributed by atoms with Crippen LogP contribution in [0.3, 0.4) is 0 Å². The maximum Gasteiger partial charge on any atom is 0.220 e. The van der Waals surface area contributed by atoms with Gasteiger partial charge in [-0.05, 0) is 31.9 Å². The number of para-hydroxylation sites is 1. The Kier molecular flexibility index (Phi) is 5.74. The predicted molar refractivity (Wildman–Crippen MR) is 89.3 cm³/mol. The molecular weight excluding hydrogens is 294 g/mol. The molecule has 1 atom stereocenters. The number of rotatable bonds is 8. The number of imidazole rings is 1. The zero-order valence-corrected chi connectivity index (χ0v) is 14.0. The monoisotopic (exact) mass is 319 g/mol. The Bertz CT molecular complexity index is 660. The molecule has 126 valence electrons. The minimum Gasteiger partial charge on any atom is -0.396 e. The number of amides is 1. The molecule has 3 N–H and O–H groups in total. The molecule has 0 saturated carbocycles. The van der Waals surface area contributed by atoms with Crippen LogP contribution in [0.1, 0.15) is 31.2 Å². The lowest BCUT2D eigenvalue weighted by Gasteiger charge is -2.29. The molecule has 1 amide bonds. The standard InChI is InChI=1S/C17H25N3O3/c1-12-5-4-6-13-16(12)19-14(18-13)7-8-15(22)20-17(2,9-10-21)11-23-3/h4-6,21H,7-11H2,1-3H3,(H,18,19)(H,20,22). The third kappa shape index (κ3) is 4.53. The van der Waals surface area contributed by atoms with Gasteiger partial charge in [0.15, 0.2) is 0 Å². The molecule has 1 heterocycles. The molecule has 2 aromatic rings. The molecule has 0 aliphatic heterocycles. The summed E-state index contributed by atoms with van der Waals surface area (Å²) in [5.74, 6) is 0.732. The number of ether oxygens (including phenoxy) is 1. The first kappa shape index (κ1) is 17.4. The molecular formula is C17H25N3O3. The fraction of sp³-hybridized carbons (Fsp3) is 0.529. The fourth-order valence-electron chi connectivity index (χ4n) is 2.71. The Hall–Kier alpha value is -1.92. The summed E-state index contributed by atoms with van der Waals surface area (Å²) in [4.78, 5) is 20.0. The van der Waals surface area contributed by atoms with Crippen LogP contribution < -0.4 is 5.32 Å². The SMILES string of the molecule is COCC(C)(CCO)NC(=O)CCc1nc2c(C)cccc2[nH]1. The third-order valence-corrected chi connectivity index (χ3v) is 3.92. The molecule has 2 rings (SSSR count). The number of H-pyrrole nitrogens is 1. The second-order valence-corrected chi connectivity index (χ2v) is 6.17. The van der Waals surface area contributed by atoms with E-state index in [0.29, 0.717) is 25.9 Å². The number of aryl methyl sites for hydroxylation is 2. The van der Waals surface area contributed by atoms with E-state index in [2.05, 4.69) is 15.3 Å². The summed E-state index contributed by atoms with van der Waals surface area (Å²) >= 11 is 0. The van der Waals surface area contributed by atoms with Gasteiger partial charge in [0.1, 0.15) is 5.82 Å². The Balaban J connectivity index is 1.96. The number of hydrogen-bond acceptors (Lipinski definition) is 4. The van der Waals surface area contributed by atoms with Crippen LogP contribution in [-0.4, -0.2) is 46.8 Å². The number of hydrogen-bond donors (Lipinski definition) is 3. The van der Waals surface area contributed by atoms with E-state index in [1.807, 2.05) is 32.0 Å². The van der Waals surface area contributed by atoms with Gasteiger partial charge in [-0.25, -0.2) is 4.98 Å². The summed E-state index contributed by atoms with van der Waals surface area (Å²) in [6, 6.07) is 5.98. The van der Waals surface area contributed by atoms with Gasteiger partial charge in [-0.15, -0.1) is 0 Å². The average Bonchev–Trinajstić information content (AvgIpc) is 2.90. The van der Waals surface area contributed by atoms with Gasteiger partial charge < -0.3 is 20.1 Å². The molecule has 23 heavy (non-hydrogen) atoms. The number of aromatic nitrogens is 2. The van der Waals surface area contributed by atoms with Crippen molar-refractivity contribution in [2.75, 3.05) is 20.3 Å². The molecule has 0 aliphatic carbocycles. The highest BCUT2D eigenvalue weighted by Crippen LogP contribution is 2.16. The van der Waals surface area contributed by atoms with Gasteiger partial charge in [0.05, 0.1) is 23.2 Å². The summed E-state index contributed by atoms with van der Waals surface area (Å²) in [7, 11) is 1.58. The van der Waals surface area contributed by atoms with Gasteiger partial charge in [-0.3, -0.25) is 4.79 Å². The van der Waals surface area contributed by atoms with Crippen LogP contribution in [0.2, 0.25) is 0 Å². The van der Waals surface area contributed by atoms with Crippen LogP contribution in [0.25, 0.3) is 11.0 Å². The number of aliphatic hydroxyl groups is 1. The fourth-order valence-corrected chi connectivity index (χ4v) is 2.71. The number of methoxy groups -OCH3 is 1. The number of carbonyl (C=O) groups is 1. The quantitative estimate of drug-likeness (QED) is 0.691. The number of carbonyl (C=O) groups excluding carboxylic acids is 1. The molecule has 0 fully saturated rings. The Morgan fingerprint density at radius 1 is 1.48 bits per heavy atom. The largest absolute Gasteiger partial charge is 0.396 e. The van der Waals surface area contributed by atoms with Gasteiger partial charge in [0.25, 0.3) is 0 Å². The summed E-state index contributed by atoms with van der Waals surface area (Å²) < 4.78 is 5.13. The van der Waals surface area contributed by atoms with Crippen molar-refractivity contribution >= 4 is 16.9 Å². The molecule has 1 aromatic heterocycles. The van der Waals surface area contributed by atoms with E-state index in [0.717, 1.165) is 22.4 Å². The van der Waals surface area contributed by atoms with E-state index in [1.165, 1.54) is 0 Å². The van der Waals surface area contributed by atoms with Crippen molar-refractivity contribution in [2.45, 2.75) is 38.6 Å². The minimum atomic E-state index is -0.551. The topological polar surface area (TPSA) is 87.2 Å². The molecule has 6 heteroatoms. The third-order valence-electron chi connectivity index (χ3n) is 3.92. The highest BCUT2D eigenvalue weighted by molar-refractivity contribution is 5.79. The van der Waals surface area contributed by atoms with E-state index < -0.39 is 5.54 Å². The summed E-state index contributed by atoms with van der Waals surface area (Å²) in [6.45, 7) is 4.26. The van der Waals surface area contributed by atoms with Gasteiger partial charge in [0.2, 0.25) is 5.91 Å². The second-order valence-electron chi connectivity index (χ2n) is 6.17. The zero-order chi connectivity index (χ0) is 16.9. The van der Waals surface area contributed by atoms with Crippen molar-refractivity contribution in [1.29, 1.82) is 0 Å². The van der Waals surface area contributed by atoms with Crippen molar-refractivity contribution in [3.05, 3.63) is 29.6 Å². The maximum absolute atomic E-state index is 12.2. The Morgan fingerprint density at radius 2 is 2.26 bits per heavy atom. The first-order valence-electron chi connectivity index (χ1n) is 7.82. The van der Waals surface area contributed by atoms with E-state index in [9.17, 15) is 4.79 Å². The maximum atomic E-state index is 12.2. The number of fused-ring (bicyclic) bond motifs is 1. The molecule has 0 aliphatic rings. The summed E-state index contributed by atoms with van der Waals surface area (Å²) in [5.41, 5.74) is 2.51. The lowest BCUT2D eigenvalue weighted by Crippen LogP contribution is -2.50. The van der Waals surface area contributed by atoms with E-state index in [4.69, 9.17) is 9.84 Å². The van der Waals surface area contributed by atoms with Crippen molar-refractivity contribution in [3.63, 3.8) is 0 Å². The first-order chi connectivity index (χ1) is 11.0. The van der Waals surface area contributed by atoms with E-state index >= 15 is 0 Å². The van der Waals surface area contributed by atoms with Gasteiger partial charge in [-0.2, -0.15) is 0 Å². The number of nitrogens with one attached hydrogen (secondary N) is 2. The second kappa shape index (κ2) is 7.57. The zero-order valence-electron chi connectivity index (χ0n) is 14.0. The predicted octanol–water partition coefficient (Wildman–Crippen LogP) is 1.71. The number of nitrogens with zero attached hydrogens (tertiary/aromatic N) is 1. The molecule has 0 bridgehead atoms. The summed E-state index contributed by atoms with van der Waals surface area (Å²) in [6.07, 6.45) is 1.34. The number of aromatic amines is 1. The molecule has 0 spiro atoms. The summed E-state index contributed by atoms with van der Waals surface area (Å²) in [5, 5.41) is 12.1.